The Bertz CT molecular complexity index is 696. The summed E-state index contributed by atoms with van der Waals surface area (Å²) in [6.07, 6.45) is 0. The number of Topliss-reactive ketones (excluding diaryl/α,β-unsaturated/α-hetero) is 1. The highest BCUT2D eigenvalue weighted by Crippen LogP contribution is 2.34. The Labute approximate surface area is 118 Å². The molecule has 4 nitrogen and oxygen atoms in total. The molecule has 6 heteroatoms. The lowest BCUT2D eigenvalue weighted by Gasteiger charge is -2.14. The first-order chi connectivity index (χ1) is 9.08. The third-order valence-electron chi connectivity index (χ3n) is 2.94. The predicted molar refractivity (Wildman–Crippen MR) is 73.8 cm³/mol. The Balaban J connectivity index is 2.02. The molecule has 2 heterocycles. The number of anilines is 1. The van der Waals surface area contributed by atoms with Crippen LogP contribution in [0.1, 0.15) is 21.1 Å². The van der Waals surface area contributed by atoms with Crippen molar-refractivity contribution >= 4 is 40.3 Å². The maximum Gasteiger partial charge on any atom is 0.299 e. The maximum absolute atomic E-state index is 12.0. The quantitative estimate of drug-likeness (QED) is 0.800. The standard InChI is InChI=1S/C13H9ClN2O2S/c1-7-15-8(6-19-7)5-16-10-4-2-3-9(14)11(10)12(17)13(16)18/h2-4,6H,5H2,1H3. The normalized spacial score (nSPS) is 14.1. The van der Waals surface area contributed by atoms with E-state index in [2.05, 4.69) is 4.98 Å². The molecule has 3 rings (SSSR count). The van der Waals surface area contributed by atoms with E-state index in [1.54, 1.807) is 18.2 Å². The van der Waals surface area contributed by atoms with Crippen molar-refractivity contribution in [2.45, 2.75) is 13.5 Å². The number of rotatable bonds is 2. The lowest BCUT2D eigenvalue weighted by molar-refractivity contribution is -0.114. The monoisotopic (exact) mass is 292 g/mol. The van der Waals surface area contributed by atoms with E-state index >= 15 is 0 Å². The predicted octanol–water partition coefficient (Wildman–Crippen LogP) is 2.83. The van der Waals surface area contributed by atoms with E-state index in [4.69, 9.17) is 11.6 Å². The fraction of sp³-hybridized carbons (Fsp3) is 0.154. The summed E-state index contributed by atoms with van der Waals surface area (Å²) in [7, 11) is 0. The molecular formula is C13H9ClN2O2S. The molecule has 0 bridgehead atoms. The van der Waals surface area contributed by atoms with Gasteiger partial charge in [-0.1, -0.05) is 17.7 Å². The molecule has 1 aliphatic rings. The van der Waals surface area contributed by atoms with Crippen LogP contribution in [0.5, 0.6) is 0 Å². The van der Waals surface area contributed by atoms with E-state index in [0.29, 0.717) is 22.8 Å². The summed E-state index contributed by atoms with van der Waals surface area (Å²) in [5.41, 5.74) is 1.63. The molecule has 19 heavy (non-hydrogen) atoms. The van der Waals surface area contributed by atoms with Gasteiger partial charge in [0.2, 0.25) is 0 Å². The van der Waals surface area contributed by atoms with Crippen molar-refractivity contribution in [3.8, 4) is 0 Å². The highest BCUT2D eigenvalue weighted by atomic mass is 35.5. The van der Waals surface area contributed by atoms with Gasteiger partial charge in [0.1, 0.15) is 0 Å². The van der Waals surface area contributed by atoms with E-state index in [1.807, 2.05) is 12.3 Å². The average molecular weight is 293 g/mol. The van der Waals surface area contributed by atoms with Gasteiger partial charge in [-0.25, -0.2) is 4.98 Å². The molecule has 0 atom stereocenters. The summed E-state index contributed by atoms with van der Waals surface area (Å²) in [4.78, 5) is 29.7. The number of carbonyl (C=O) groups excluding carboxylic acids is 2. The summed E-state index contributed by atoms with van der Waals surface area (Å²) < 4.78 is 0. The summed E-state index contributed by atoms with van der Waals surface area (Å²) in [5, 5.41) is 3.13. The van der Waals surface area contributed by atoms with Crippen molar-refractivity contribution in [3.05, 3.63) is 44.9 Å². The van der Waals surface area contributed by atoms with Crippen LogP contribution in [0, 0.1) is 6.92 Å². The van der Waals surface area contributed by atoms with E-state index in [9.17, 15) is 9.59 Å². The Hall–Kier alpha value is -1.72. The highest BCUT2D eigenvalue weighted by Gasteiger charge is 2.37. The van der Waals surface area contributed by atoms with E-state index < -0.39 is 11.7 Å². The molecule has 0 unspecified atom stereocenters. The first-order valence-electron chi connectivity index (χ1n) is 5.63. The molecule has 0 saturated heterocycles. The van der Waals surface area contributed by atoms with Crippen LogP contribution in [-0.4, -0.2) is 16.7 Å². The summed E-state index contributed by atoms with van der Waals surface area (Å²) in [5.74, 6) is -1.10. The second-order valence-electron chi connectivity index (χ2n) is 4.21. The topological polar surface area (TPSA) is 50.3 Å². The van der Waals surface area contributed by atoms with Gasteiger partial charge in [-0.3, -0.25) is 14.5 Å². The van der Waals surface area contributed by atoms with E-state index in [1.165, 1.54) is 16.2 Å². The first kappa shape index (κ1) is 12.3. The van der Waals surface area contributed by atoms with Gasteiger partial charge in [0.25, 0.3) is 11.7 Å². The summed E-state index contributed by atoms with van der Waals surface area (Å²) in [6, 6.07) is 5.07. The van der Waals surface area contributed by atoms with Gasteiger partial charge in [0, 0.05) is 5.38 Å². The first-order valence-corrected chi connectivity index (χ1v) is 6.89. The third-order valence-corrected chi connectivity index (χ3v) is 4.07. The number of aryl methyl sites for hydroxylation is 1. The maximum atomic E-state index is 12.0. The fourth-order valence-electron chi connectivity index (χ4n) is 2.10. The van der Waals surface area contributed by atoms with Crippen LogP contribution in [-0.2, 0) is 11.3 Å². The SMILES string of the molecule is Cc1nc(CN2C(=O)C(=O)c3c(Cl)cccc32)cs1. The van der Waals surface area contributed by atoms with Crippen molar-refractivity contribution in [3.63, 3.8) is 0 Å². The molecule has 0 N–H and O–H groups in total. The Morgan fingerprint density at radius 3 is 2.84 bits per heavy atom. The zero-order valence-corrected chi connectivity index (χ0v) is 11.6. The molecule has 1 aromatic heterocycles. The lowest BCUT2D eigenvalue weighted by Crippen LogP contribution is -2.29. The Morgan fingerprint density at radius 1 is 1.37 bits per heavy atom. The Morgan fingerprint density at radius 2 is 2.16 bits per heavy atom. The highest BCUT2D eigenvalue weighted by molar-refractivity contribution is 7.09. The largest absolute Gasteiger partial charge is 0.299 e. The van der Waals surface area contributed by atoms with Crippen LogP contribution < -0.4 is 4.90 Å². The number of fused-ring (bicyclic) bond motifs is 1. The smallest absolute Gasteiger partial charge is 0.299 e. The van der Waals surface area contributed by atoms with Crippen LogP contribution in [0.3, 0.4) is 0 Å². The van der Waals surface area contributed by atoms with Gasteiger partial charge in [-0.2, -0.15) is 0 Å². The minimum absolute atomic E-state index is 0.293. The van der Waals surface area contributed by atoms with Crippen molar-refractivity contribution in [1.29, 1.82) is 0 Å². The molecule has 1 aromatic carbocycles. The van der Waals surface area contributed by atoms with Crippen LogP contribution in [0.2, 0.25) is 5.02 Å². The van der Waals surface area contributed by atoms with Crippen molar-refractivity contribution in [2.24, 2.45) is 0 Å². The van der Waals surface area contributed by atoms with Crippen molar-refractivity contribution < 1.29 is 9.59 Å². The second-order valence-corrected chi connectivity index (χ2v) is 5.68. The second kappa shape index (κ2) is 4.43. The summed E-state index contributed by atoms with van der Waals surface area (Å²) >= 11 is 7.50. The molecule has 0 spiro atoms. The molecule has 1 amide bonds. The number of hydrogen-bond acceptors (Lipinski definition) is 4. The molecular weight excluding hydrogens is 284 g/mol. The van der Waals surface area contributed by atoms with Crippen LogP contribution >= 0.6 is 22.9 Å². The Kier molecular flexibility index (Phi) is 2.88. The van der Waals surface area contributed by atoms with Crippen molar-refractivity contribution in [2.75, 3.05) is 4.90 Å². The summed E-state index contributed by atoms with van der Waals surface area (Å²) in [6.45, 7) is 2.19. The van der Waals surface area contributed by atoms with Gasteiger partial charge in [-0.15, -0.1) is 11.3 Å². The minimum atomic E-state index is -0.549. The van der Waals surface area contributed by atoms with Crippen LogP contribution in [0.15, 0.2) is 23.6 Å². The number of thiazole rings is 1. The number of aromatic nitrogens is 1. The number of carbonyl (C=O) groups is 2. The number of nitrogens with zero attached hydrogens (tertiary/aromatic N) is 2. The van der Waals surface area contributed by atoms with E-state index in [0.717, 1.165) is 10.7 Å². The molecule has 1 aliphatic heterocycles. The van der Waals surface area contributed by atoms with Crippen LogP contribution in [0.4, 0.5) is 5.69 Å². The fourth-order valence-corrected chi connectivity index (χ4v) is 2.96. The van der Waals surface area contributed by atoms with Crippen LogP contribution in [0.25, 0.3) is 0 Å². The number of halogens is 1. The van der Waals surface area contributed by atoms with Gasteiger partial charge >= 0.3 is 0 Å². The number of benzene rings is 1. The van der Waals surface area contributed by atoms with Gasteiger partial charge in [0.05, 0.1) is 33.5 Å². The number of ketones is 1. The molecule has 0 radical (unpaired) electrons. The molecule has 0 saturated carbocycles. The minimum Gasteiger partial charge on any atom is -0.299 e. The van der Waals surface area contributed by atoms with Gasteiger partial charge in [0.15, 0.2) is 0 Å². The van der Waals surface area contributed by atoms with Gasteiger partial charge in [-0.05, 0) is 19.1 Å². The number of amides is 1. The molecule has 2 aromatic rings. The molecule has 96 valence electrons. The third kappa shape index (κ3) is 1.95. The number of hydrogen-bond donors (Lipinski definition) is 0. The average Bonchev–Trinajstić information content (AvgIpc) is 2.88. The molecule has 0 aliphatic carbocycles. The van der Waals surface area contributed by atoms with Gasteiger partial charge < -0.3 is 0 Å². The zero-order valence-electron chi connectivity index (χ0n) is 10.0. The molecule has 0 fully saturated rings. The van der Waals surface area contributed by atoms with Crippen molar-refractivity contribution in [1.82, 2.24) is 4.98 Å². The lowest BCUT2D eigenvalue weighted by atomic mass is 10.1. The zero-order chi connectivity index (χ0) is 13.6. The van der Waals surface area contributed by atoms with E-state index in [-0.39, 0.29) is 0 Å².